The lowest BCUT2D eigenvalue weighted by Gasteiger charge is -2.22. The van der Waals surface area contributed by atoms with Gasteiger partial charge in [-0.1, -0.05) is 28.5 Å². The molecule has 1 aliphatic heterocycles. The Morgan fingerprint density at radius 1 is 1.28 bits per heavy atom. The van der Waals surface area contributed by atoms with E-state index in [-0.39, 0.29) is 28.1 Å². The molecule has 0 spiro atoms. The van der Waals surface area contributed by atoms with E-state index in [0.717, 1.165) is 0 Å². The normalized spacial score (nSPS) is 25.0. The summed E-state index contributed by atoms with van der Waals surface area (Å²) >= 11 is 0. The lowest BCUT2D eigenvalue weighted by molar-refractivity contribution is -0.0339. The monoisotopic (exact) mass is 611 g/mol. The van der Waals surface area contributed by atoms with Crippen LogP contribution in [0.3, 0.4) is 0 Å². The number of nitrogens with zero attached hydrogens (tertiary/aromatic N) is 3. The summed E-state index contributed by atoms with van der Waals surface area (Å²) in [6, 6.07) is 0. The molecule has 7 N–H and O–H groups in total. The Morgan fingerprint density at radius 3 is 2.61 bits per heavy atom. The number of nitrogen functional groups attached to an aromatic ring is 1. The van der Waals surface area contributed by atoms with Crippen molar-refractivity contribution in [1.29, 1.82) is 0 Å². The van der Waals surface area contributed by atoms with Gasteiger partial charge in [-0.15, -0.1) is 0 Å². The van der Waals surface area contributed by atoms with Crippen molar-refractivity contribution in [3.63, 3.8) is 0 Å². The minimum atomic E-state index is -5.65. The van der Waals surface area contributed by atoms with Gasteiger partial charge in [-0.25, -0.2) is 18.4 Å². The van der Waals surface area contributed by atoms with Gasteiger partial charge >= 0.3 is 23.5 Å². The predicted octanol–water partition coefficient (Wildman–Crippen LogP) is 1.74. The standard InChI is InChI=1S/C14H24N5O12P3S2/c1-7(36-35-2)3-8-4-11(19-12-9(5-16-19)13(20)18-14(15)17-12)29-10(8)6-28-33(24,25)31-34(26,27)30-32(21,22)23/h5,7-8,10-11H,3-4,6H2,1-2H3,(H,24,25)(H,26,27)(H2,21,22,23)(H3,15,17,18,20)/t7-,8?,10+,11+/m0/s1. The molecule has 6 atom stereocenters. The molecule has 2 aromatic rings. The third-order valence-corrected chi connectivity index (χ3v) is 10.9. The largest absolute Gasteiger partial charge is 0.490 e. The highest BCUT2D eigenvalue weighted by atomic mass is 33.1. The highest BCUT2D eigenvalue weighted by Gasteiger charge is 2.43. The molecule has 22 heteroatoms. The van der Waals surface area contributed by atoms with Crippen molar-refractivity contribution in [3.8, 4) is 0 Å². The van der Waals surface area contributed by atoms with Crippen LogP contribution >= 0.6 is 45.1 Å². The Kier molecular flexibility index (Phi) is 9.54. The van der Waals surface area contributed by atoms with E-state index in [0.29, 0.717) is 12.8 Å². The maximum absolute atomic E-state index is 12.2. The summed E-state index contributed by atoms with van der Waals surface area (Å²) in [7, 11) is -13.3. The maximum Gasteiger partial charge on any atom is 0.490 e. The van der Waals surface area contributed by atoms with Gasteiger partial charge in [0.05, 0.1) is 18.9 Å². The van der Waals surface area contributed by atoms with Gasteiger partial charge in [0.15, 0.2) is 11.9 Å². The Labute approximate surface area is 211 Å². The molecule has 17 nitrogen and oxygen atoms in total. The summed E-state index contributed by atoms with van der Waals surface area (Å²) in [5.41, 5.74) is 5.31. The number of phosphoric ester groups is 1. The number of anilines is 1. The van der Waals surface area contributed by atoms with E-state index < -0.39 is 48.0 Å². The number of aromatic amines is 1. The second-order valence-corrected chi connectivity index (χ2v) is 14.9. The van der Waals surface area contributed by atoms with Crippen molar-refractivity contribution in [2.75, 3.05) is 18.6 Å². The van der Waals surface area contributed by atoms with E-state index in [1.807, 2.05) is 13.2 Å². The van der Waals surface area contributed by atoms with E-state index in [4.69, 9.17) is 24.8 Å². The fourth-order valence-corrected chi connectivity index (χ4v) is 8.53. The Bertz CT molecular complexity index is 1290. The first-order chi connectivity index (χ1) is 16.6. The average molecular weight is 611 g/mol. The van der Waals surface area contributed by atoms with Gasteiger partial charge in [0, 0.05) is 5.25 Å². The molecule has 3 unspecified atom stereocenters. The summed E-state index contributed by atoms with van der Waals surface area (Å²) < 4.78 is 54.1. The van der Waals surface area contributed by atoms with Crippen LogP contribution in [0.25, 0.3) is 11.0 Å². The summed E-state index contributed by atoms with van der Waals surface area (Å²) in [5.74, 6) is -0.395. The zero-order valence-electron chi connectivity index (χ0n) is 18.6. The lowest BCUT2D eigenvalue weighted by Crippen LogP contribution is -2.24. The fourth-order valence-electron chi connectivity index (χ4n) is 3.62. The van der Waals surface area contributed by atoms with Crippen LogP contribution in [0, 0.1) is 5.92 Å². The number of fused-ring (bicyclic) bond motifs is 1. The van der Waals surface area contributed by atoms with E-state index in [2.05, 4.69) is 23.7 Å². The number of H-pyrrole nitrogens is 1. The van der Waals surface area contributed by atoms with Gasteiger partial charge in [0.1, 0.15) is 5.39 Å². The molecule has 3 heterocycles. The van der Waals surface area contributed by atoms with Crippen molar-refractivity contribution in [1.82, 2.24) is 19.7 Å². The molecule has 0 amide bonds. The number of aromatic nitrogens is 4. The smallest absolute Gasteiger partial charge is 0.369 e. The zero-order valence-corrected chi connectivity index (χ0v) is 23.0. The van der Waals surface area contributed by atoms with Gasteiger partial charge < -0.3 is 30.0 Å². The molecule has 1 fully saturated rings. The van der Waals surface area contributed by atoms with Gasteiger partial charge in [0.2, 0.25) is 5.95 Å². The van der Waals surface area contributed by atoms with Crippen LogP contribution in [0.1, 0.15) is 26.0 Å². The summed E-state index contributed by atoms with van der Waals surface area (Å²) in [5, 5.41) is 4.47. The molecule has 0 radical (unpaired) electrons. The molecular formula is C14H24N5O12P3S2. The quantitative estimate of drug-likeness (QED) is 0.147. The van der Waals surface area contributed by atoms with Crippen LogP contribution in [0.4, 0.5) is 5.95 Å². The van der Waals surface area contributed by atoms with E-state index in [1.54, 1.807) is 21.6 Å². The number of nitrogens with two attached hydrogens (primary N) is 1. The van der Waals surface area contributed by atoms with Crippen LogP contribution < -0.4 is 11.3 Å². The van der Waals surface area contributed by atoms with Crippen molar-refractivity contribution in [2.24, 2.45) is 5.92 Å². The van der Waals surface area contributed by atoms with Gasteiger partial charge in [-0.3, -0.25) is 14.3 Å². The summed E-state index contributed by atoms with van der Waals surface area (Å²) in [6.45, 7) is 1.37. The molecule has 36 heavy (non-hydrogen) atoms. The number of hydrogen-bond acceptors (Lipinski definition) is 13. The van der Waals surface area contributed by atoms with E-state index in [9.17, 15) is 28.3 Å². The Balaban J connectivity index is 1.78. The predicted molar refractivity (Wildman–Crippen MR) is 130 cm³/mol. The zero-order chi connectivity index (χ0) is 26.9. The van der Waals surface area contributed by atoms with Gasteiger partial charge in [-0.2, -0.15) is 18.7 Å². The third kappa shape index (κ3) is 8.11. The second-order valence-electron chi connectivity index (χ2n) is 7.60. The Hall–Kier alpha value is -0.780. The first kappa shape index (κ1) is 29.8. The molecular weight excluding hydrogens is 587 g/mol. The number of hydrogen-bond donors (Lipinski definition) is 6. The first-order valence-corrected chi connectivity index (χ1v) is 17.1. The number of phosphoric acid groups is 3. The van der Waals surface area contributed by atoms with E-state index in [1.165, 1.54) is 10.9 Å². The lowest BCUT2D eigenvalue weighted by atomic mass is 9.96. The van der Waals surface area contributed by atoms with Crippen LogP contribution in [0.15, 0.2) is 11.0 Å². The minimum Gasteiger partial charge on any atom is -0.369 e. The second kappa shape index (κ2) is 11.5. The number of rotatable bonds is 12. The molecule has 204 valence electrons. The highest BCUT2D eigenvalue weighted by molar-refractivity contribution is 8.76. The van der Waals surface area contributed by atoms with Crippen LogP contribution in [0.5, 0.6) is 0 Å². The fraction of sp³-hybridized carbons (Fsp3) is 0.643. The molecule has 0 bridgehead atoms. The first-order valence-electron chi connectivity index (χ1n) is 9.95. The van der Waals surface area contributed by atoms with Crippen LogP contribution in [-0.2, 0) is 31.6 Å². The van der Waals surface area contributed by atoms with Gasteiger partial charge in [-0.05, 0) is 25.0 Å². The summed E-state index contributed by atoms with van der Waals surface area (Å²) in [6.07, 6.45) is 2.51. The number of ether oxygens (including phenoxy) is 1. The van der Waals surface area contributed by atoms with Gasteiger partial charge in [0.25, 0.3) is 5.56 Å². The molecule has 3 rings (SSSR count). The van der Waals surface area contributed by atoms with E-state index >= 15 is 0 Å². The summed E-state index contributed by atoms with van der Waals surface area (Å²) in [4.78, 5) is 55.0. The molecule has 0 aliphatic carbocycles. The SMILES string of the molecule is CSS[C@@H](C)CC1C[C@H](n2ncc3c(=O)[nH]c(N)nc32)O[C@@H]1COP(=O)(O)OP(=O)(O)OP(=O)(O)O. The number of nitrogens with one attached hydrogen (secondary N) is 1. The van der Waals surface area contributed by atoms with Crippen LogP contribution in [0.2, 0.25) is 0 Å². The Morgan fingerprint density at radius 2 is 1.97 bits per heavy atom. The molecule has 0 saturated carbocycles. The highest BCUT2D eigenvalue weighted by Crippen LogP contribution is 2.66. The van der Waals surface area contributed by atoms with Crippen molar-refractivity contribution in [3.05, 3.63) is 16.6 Å². The van der Waals surface area contributed by atoms with Crippen molar-refractivity contribution in [2.45, 2.75) is 37.3 Å². The van der Waals surface area contributed by atoms with Crippen LogP contribution in [-0.4, -0.2) is 63.5 Å². The third-order valence-electron chi connectivity index (χ3n) is 4.83. The molecule has 0 aromatic carbocycles. The molecule has 2 aromatic heterocycles. The molecule has 1 aliphatic rings. The topological polar surface area (TPSA) is 259 Å². The molecule has 1 saturated heterocycles. The van der Waals surface area contributed by atoms with Crippen molar-refractivity contribution >= 4 is 62.0 Å². The minimum absolute atomic E-state index is 0.127. The van der Waals surface area contributed by atoms with Crippen molar-refractivity contribution < 1.29 is 51.2 Å². The maximum atomic E-state index is 12.2. The average Bonchev–Trinajstić information content (AvgIpc) is 3.27.